The van der Waals surface area contributed by atoms with Crippen LogP contribution in [0, 0.1) is 6.92 Å². The monoisotopic (exact) mass is 337 g/mol. The summed E-state index contributed by atoms with van der Waals surface area (Å²) in [7, 11) is -3.49. The third-order valence-corrected chi connectivity index (χ3v) is 5.49. The van der Waals surface area contributed by atoms with Crippen LogP contribution in [-0.2, 0) is 15.8 Å². The number of benzene rings is 2. The van der Waals surface area contributed by atoms with Crippen molar-refractivity contribution in [2.45, 2.75) is 12.7 Å². The van der Waals surface area contributed by atoms with Crippen molar-refractivity contribution in [2.24, 2.45) is 0 Å². The van der Waals surface area contributed by atoms with Gasteiger partial charge < -0.3 is 4.74 Å². The first-order valence-electron chi connectivity index (χ1n) is 6.94. The van der Waals surface area contributed by atoms with Crippen LogP contribution in [0.5, 0.6) is 5.75 Å². The van der Waals surface area contributed by atoms with Gasteiger partial charge in [0.15, 0.2) is 0 Å². The zero-order valence-electron chi connectivity index (χ0n) is 12.1. The zero-order chi connectivity index (χ0) is 15.7. The second kappa shape index (κ2) is 5.82. The largest absolute Gasteiger partial charge is 0.489 e. The molecule has 0 aliphatic carbocycles. The van der Waals surface area contributed by atoms with Gasteiger partial charge in [-0.3, -0.25) is 4.31 Å². The molecule has 22 heavy (non-hydrogen) atoms. The Kier molecular flexibility index (Phi) is 4.02. The smallest absolute Gasteiger partial charge is 0.239 e. The Hall–Kier alpha value is -1.72. The molecule has 0 spiro atoms. The van der Waals surface area contributed by atoms with Gasteiger partial charge in [-0.15, -0.1) is 0 Å². The molecule has 1 aliphatic heterocycles. The maximum Gasteiger partial charge on any atom is 0.239 e. The summed E-state index contributed by atoms with van der Waals surface area (Å²) >= 11 is 6.00. The Morgan fingerprint density at radius 3 is 2.82 bits per heavy atom. The summed E-state index contributed by atoms with van der Waals surface area (Å²) in [4.78, 5) is 0. The van der Waals surface area contributed by atoms with Gasteiger partial charge in [0, 0.05) is 5.02 Å². The SMILES string of the molecule is Cc1cccc(CS(=O)(=O)N2CCOc3ccc(Cl)cc32)c1. The van der Waals surface area contributed by atoms with Gasteiger partial charge in [-0.05, 0) is 30.7 Å². The number of halogens is 1. The number of ether oxygens (including phenoxy) is 1. The van der Waals surface area contributed by atoms with E-state index in [9.17, 15) is 8.42 Å². The van der Waals surface area contributed by atoms with Gasteiger partial charge in [0.2, 0.25) is 10.0 Å². The fourth-order valence-electron chi connectivity index (χ4n) is 2.55. The highest BCUT2D eigenvalue weighted by Crippen LogP contribution is 2.36. The predicted molar refractivity (Wildman–Crippen MR) is 88.1 cm³/mol. The molecule has 0 saturated heterocycles. The van der Waals surface area contributed by atoms with Crippen LogP contribution in [0.15, 0.2) is 42.5 Å². The van der Waals surface area contributed by atoms with Crippen LogP contribution in [0.25, 0.3) is 0 Å². The third-order valence-electron chi connectivity index (χ3n) is 3.51. The van der Waals surface area contributed by atoms with Crippen LogP contribution < -0.4 is 9.04 Å². The number of hydrogen-bond donors (Lipinski definition) is 0. The van der Waals surface area contributed by atoms with Gasteiger partial charge in [0.1, 0.15) is 12.4 Å². The molecule has 6 heteroatoms. The fraction of sp³-hybridized carbons (Fsp3) is 0.250. The Morgan fingerprint density at radius 1 is 1.23 bits per heavy atom. The van der Waals surface area contributed by atoms with E-state index in [0.717, 1.165) is 11.1 Å². The highest BCUT2D eigenvalue weighted by Gasteiger charge is 2.28. The van der Waals surface area contributed by atoms with Crippen molar-refractivity contribution < 1.29 is 13.2 Å². The predicted octanol–water partition coefficient (Wildman–Crippen LogP) is 3.38. The van der Waals surface area contributed by atoms with E-state index in [4.69, 9.17) is 16.3 Å². The minimum Gasteiger partial charge on any atom is -0.489 e. The van der Waals surface area contributed by atoms with Crippen molar-refractivity contribution in [1.82, 2.24) is 0 Å². The maximum atomic E-state index is 12.8. The highest BCUT2D eigenvalue weighted by atomic mass is 35.5. The summed E-state index contributed by atoms with van der Waals surface area (Å²) in [5.41, 5.74) is 2.32. The number of sulfonamides is 1. The van der Waals surface area contributed by atoms with Crippen molar-refractivity contribution in [3.8, 4) is 5.75 Å². The first-order valence-corrected chi connectivity index (χ1v) is 8.93. The Balaban J connectivity index is 1.95. The van der Waals surface area contributed by atoms with Crippen LogP contribution in [-0.4, -0.2) is 21.6 Å². The molecule has 0 saturated carbocycles. The molecule has 4 nitrogen and oxygen atoms in total. The first kappa shape index (κ1) is 15.2. The van der Waals surface area contributed by atoms with Crippen LogP contribution in [0.2, 0.25) is 5.02 Å². The molecule has 1 aliphatic rings. The number of nitrogens with zero attached hydrogens (tertiary/aromatic N) is 1. The summed E-state index contributed by atoms with van der Waals surface area (Å²) in [5, 5.41) is 0.486. The number of aryl methyl sites for hydroxylation is 1. The Labute approximate surface area is 135 Å². The lowest BCUT2D eigenvalue weighted by molar-refractivity contribution is 0.316. The van der Waals surface area contributed by atoms with Crippen molar-refractivity contribution in [3.05, 3.63) is 58.6 Å². The van der Waals surface area contributed by atoms with E-state index in [-0.39, 0.29) is 5.75 Å². The number of rotatable bonds is 3. The van der Waals surface area contributed by atoms with E-state index in [1.807, 2.05) is 31.2 Å². The van der Waals surface area contributed by atoms with E-state index >= 15 is 0 Å². The molecule has 1 heterocycles. The lowest BCUT2D eigenvalue weighted by Gasteiger charge is -2.30. The Bertz CT molecular complexity index is 805. The highest BCUT2D eigenvalue weighted by molar-refractivity contribution is 7.92. The molecular weight excluding hydrogens is 322 g/mol. The number of hydrogen-bond acceptors (Lipinski definition) is 3. The van der Waals surface area contributed by atoms with Crippen molar-refractivity contribution in [1.29, 1.82) is 0 Å². The number of anilines is 1. The lowest BCUT2D eigenvalue weighted by Crippen LogP contribution is -2.38. The van der Waals surface area contributed by atoms with Crippen molar-refractivity contribution in [2.75, 3.05) is 17.5 Å². The molecule has 0 atom stereocenters. The van der Waals surface area contributed by atoms with Crippen LogP contribution in [0.1, 0.15) is 11.1 Å². The molecule has 0 radical (unpaired) electrons. The summed E-state index contributed by atoms with van der Waals surface area (Å²) in [5.74, 6) is 0.504. The van der Waals surface area contributed by atoms with Crippen LogP contribution in [0.3, 0.4) is 0 Å². The maximum absolute atomic E-state index is 12.8. The second-order valence-corrected chi connectivity index (χ2v) is 7.61. The molecule has 0 unspecified atom stereocenters. The van der Waals surface area contributed by atoms with Crippen molar-refractivity contribution >= 4 is 27.3 Å². The molecular formula is C16H16ClNO3S. The fourth-order valence-corrected chi connectivity index (χ4v) is 4.26. The standard InChI is InChI=1S/C16H16ClNO3S/c1-12-3-2-4-13(9-12)11-22(19,20)18-7-8-21-16-6-5-14(17)10-15(16)18/h2-6,9-10H,7-8,11H2,1H3. The Morgan fingerprint density at radius 2 is 2.05 bits per heavy atom. The third kappa shape index (κ3) is 3.05. The van der Waals surface area contributed by atoms with E-state index in [1.165, 1.54) is 4.31 Å². The van der Waals surface area contributed by atoms with E-state index in [2.05, 4.69) is 0 Å². The summed E-state index contributed by atoms with van der Waals surface area (Å²) < 4.78 is 32.4. The first-order chi connectivity index (χ1) is 10.5. The van der Waals surface area contributed by atoms with Gasteiger partial charge in [0.25, 0.3) is 0 Å². The van der Waals surface area contributed by atoms with E-state index in [0.29, 0.717) is 29.6 Å². The van der Waals surface area contributed by atoms with E-state index in [1.54, 1.807) is 18.2 Å². The molecule has 0 amide bonds. The van der Waals surface area contributed by atoms with Crippen LogP contribution >= 0.6 is 11.6 Å². The summed E-state index contributed by atoms with van der Waals surface area (Å²) in [6, 6.07) is 12.5. The van der Waals surface area contributed by atoms with Gasteiger partial charge >= 0.3 is 0 Å². The molecule has 0 aromatic heterocycles. The molecule has 0 N–H and O–H groups in total. The normalized spacial score (nSPS) is 14.4. The molecule has 3 rings (SSSR count). The molecule has 0 bridgehead atoms. The van der Waals surface area contributed by atoms with Gasteiger partial charge in [-0.2, -0.15) is 0 Å². The molecule has 0 fully saturated rings. The minimum absolute atomic E-state index is 0.0410. The molecule has 2 aromatic carbocycles. The lowest BCUT2D eigenvalue weighted by atomic mass is 10.2. The molecule has 2 aromatic rings. The summed E-state index contributed by atoms with van der Waals surface area (Å²) in [6.45, 7) is 2.57. The van der Waals surface area contributed by atoms with E-state index < -0.39 is 10.0 Å². The summed E-state index contributed by atoms with van der Waals surface area (Å²) in [6.07, 6.45) is 0. The average molecular weight is 338 g/mol. The second-order valence-electron chi connectivity index (χ2n) is 5.28. The average Bonchev–Trinajstić information content (AvgIpc) is 2.46. The minimum atomic E-state index is -3.49. The van der Waals surface area contributed by atoms with Gasteiger partial charge in [-0.25, -0.2) is 8.42 Å². The quantitative estimate of drug-likeness (QED) is 0.862. The van der Waals surface area contributed by atoms with Gasteiger partial charge in [0.05, 0.1) is 18.0 Å². The molecule has 116 valence electrons. The van der Waals surface area contributed by atoms with Crippen LogP contribution in [0.4, 0.5) is 5.69 Å². The topological polar surface area (TPSA) is 46.6 Å². The number of fused-ring (bicyclic) bond motifs is 1. The van der Waals surface area contributed by atoms with Gasteiger partial charge in [-0.1, -0.05) is 41.4 Å². The van der Waals surface area contributed by atoms with Crippen molar-refractivity contribution in [3.63, 3.8) is 0 Å². The zero-order valence-corrected chi connectivity index (χ0v) is 13.7.